The fraction of sp³-hybridized carbons (Fsp3) is 0.464. The lowest BCUT2D eigenvalue weighted by Crippen LogP contribution is -2.38. The summed E-state index contributed by atoms with van der Waals surface area (Å²) in [7, 11) is 0. The van der Waals surface area contributed by atoms with Gasteiger partial charge in [0.1, 0.15) is 6.61 Å². The summed E-state index contributed by atoms with van der Waals surface area (Å²) in [6.45, 7) is 2.68. The maximum Gasteiger partial charge on any atom is 0.407 e. The molecule has 2 aromatic carbocycles. The Balaban J connectivity index is 1.18. The van der Waals surface area contributed by atoms with Gasteiger partial charge in [-0.3, -0.25) is 9.59 Å². The maximum atomic E-state index is 12.4. The maximum absolute atomic E-state index is 12.4. The van der Waals surface area contributed by atoms with E-state index in [2.05, 4.69) is 34.9 Å². The fourth-order valence-corrected chi connectivity index (χ4v) is 5.36. The average Bonchev–Trinajstić information content (AvgIpc) is 3.41. The van der Waals surface area contributed by atoms with Crippen molar-refractivity contribution in [1.82, 2.24) is 10.6 Å². The van der Waals surface area contributed by atoms with E-state index in [9.17, 15) is 14.4 Å². The van der Waals surface area contributed by atoms with Gasteiger partial charge < -0.3 is 20.5 Å². The van der Waals surface area contributed by atoms with Gasteiger partial charge in [0.2, 0.25) is 5.91 Å². The van der Waals surface area contributed by atoms with Crippen molar-refractivity contribution in [3.8, 4) is 11.1 Å². The predicted octanol–water partition coefficient (Wildman–Crippen LogP) is 4.70. The number of benzene rings is 2. The van der Waals surface area contributed by atoms with Gasteiger partial charge in [-0.1, -0.05) is 61.9 Å². The summed E-state index contributed by atoms with van der Waals surface area (Å²) in [5.74, 6) is -0.720. The third-order valence-electron chi connectivity index (χ3n) is 7.25. The Morgan fingerprint density at radius 3 is 2.34 bits per heavy atom. The second-order valence-corrected chi connectivity index (χ2v) is 9.81. The number of rotatable bonds is 10. The number of nitrogens with one attached hydrogen (secondary N) is 2. The standard InChI is InChI=1S/C28H34N2O5/c1-18(13-14-26(31)30-25-12-6-7-19(25)15-27(32)33)16-29-28(34)35-17-24-22-10-4-2-8-20(22)21-9-3-5-11-23(21)24/h2-5,8-11,18-19,24-25H,6-7,12-17H2,1H3,(H,29,34)(H,30,31)(H,32,33)/t18?,19-,25+/m0/s1. The van der Waals surface area contributed by atoms with E-state index in [4.69, 9.17) is 9.84 Å². The van der Waals surface area contributed by atoms with E-state index in [1.165, 1.54) is 22.3 Å². The molecule has 0 aliphatic heterocycles. The lowest BCUT2D eigenvalue weighted by Gasteiger charge is -2.20. The van der Waals surface area contributed by atoms with E-state index in [1.807, 2.05) is 31.2 Å². The highest BCUT2D eigenvalue weighted by atomic mass is 16.5. The first-order chi connectivity index (χ1) is 16.9. The number of hydrogen-bond donors (Lipinski definition) is 3. The highest BCUT2D eigenvalue weighted by molar-refractivity contribution is 5.79. The Hall–Kier alpha value is -3.35. The number of fused-ring (bicyclic) bond motifs is 3. The van der Waals surface area contributed by atoms with E-state index in [1.54, 1.807) is 0 Å². The number of carboxylic acid groups (broad SMARTS) is 1. The largest absolute Gasteiger partial charge is 0.481 e. The van der Waals surface area contributed by atoms with Crippen LogP contribution in [0.3, 0.4) is 0 Å². The predicted molar refractivity (Wildman–Crippen MR) is 133 cm³/mol. The monoisotopic (exact) mass is 478 g/mol. The zero-order chi connectivity index (χ0) is 24.8. The molecule has 1 saturated carbocycles. The van der Waals surface area contributed by atoms with Crippen LogP contribution in [0.2, 0.25) is 0 Å². The Labute approximate surface area is 206 Å². The first kappa shape index (κ1) is 24.8. The summed E-state index contributed by atoms with van der Waals surface area (Å²) in [5, 5.41) is 14.9. The topological polar surface area (TPSA) is 105 Å². The molecular formula is C28H34N2O5. The molecule has 0 saturated heterocycles. The number of ether oxygens (including phenoxy) is 1. The molecule has 3 atom stereocenters. The molecule has 7 heteroatoms. The van der Waals surface area contributed by atoms with Crippen molar-refractivity contribution >= 4 is 18.0 Å². The molecule has 0 spiro atoms. The molecule has 1 fully saturated rings. The molecule has 2 amide bonds. The van der Waals surface area contributed by atoms with Gasteiger partial charge in [-0.25, -0.2) is 4.79 Å². The average molecular weight is 479 g/mol. The number of carboxylic acids is 1. The summed E-state index contributed by atoms with van der Waals surface area (Å²) in [5.41, 5.74) is 4.73. The van der Waals surface area contributed by atoms with Crippen molar-refractivity contribution in [2.45, 2.75) is 57.4 Å². The zero-order valence-electron chi connectivity index (χ0n) is 20.2. The smallest absolute Gasteiger partial charge is 0.407 e. The van der Waals surface area contributed by atoms with Crippen molar-refractivity contribution in [2.75, 3.05) is 13.2 Å². The molecule has 186 valence electrons. The number of alkyl carbamates (subject to hydrolysis) is 1. The van der Waals surface area contributed by atoms with Crippen molar-refractivity contribution < 1.29 is 24.2 Å². The Kier molecular flexibility index (Phi) is 8.06. The van der Waals surface area contributed by atoms with E-state index >= 15 is 0 Å². The van der Waals surface area contributed by atoms with E-state index < -0.39 is 12.1 Å². The van der Waals surface area contributed by atoms with Gasteiger partial charge in [-0.15, -0.1) is 0 Å². The first-order valence-corrected chi connectivity index (χ1v) is 12.5. The van der Waals surface area contributed by atoms with E-state index in [-0.39, 0.29) is 42.7 Å². The quantitative estimate of drug-likeness (QED) is 0.459. The van der Waals surface area contributed by atoms with Crippen LogP contribution in [0.5, 0.6) is 0 Å². The summed E-state index contributed by atoms with van der Waals surface area (Å²) in [6, 6.07) is 16.4. The third kappa shape index (κ3) is 6.21. The zero-order valence-corrected chi connectivity index (χ0v) is 20.2. The highest BCUT2D eigenvalue weighted by Gasteiger charge is 2.30. The molecule has 0 bridgehead atoms. The normalized spacial score (nSPS) is 19.5. The van der Waals surface area contributed by atoms with Crippen LogP contribution in [0.25, 0.3) is 11.1 Å². The summed E-state index contributed by atoms with van der Waals surface area (Å²) in [4.78, 5) is 35.7. The highest BCUT2D eigenvalue weighted by Crippen LogP contribution is 2.44. The van der Waals surface area contributed by atoms with E-state index in [0.717, 1.165) is 19.3 Å². The van der Waals surface area contributed by atoms with Gasteiger partial charge in [0.25, 0.3) is 0 Å². The van der Waals surface area contributed by atoms with Crippen LogP contribution < -0.4 is 10.6 Å². The lowest BCUT2D eigenvalue weighted by molar-refractivity contribution is -0.138. The number of aliphatic carboxylic acids is 1. The molecule has 2 aliphatic rings. The molecule has 7 nitrogen and oxygen atoms in total. The van der Waals surface area contributed by atoms with Gasteiger partial charge in [0, 0.05) is 24.9 Å². The second kappa shape index (κ2) is 11.4. The van der Waals surface area contributed by atoms with Gasteiger partial charge in [0.15, 0.2) is 0 Å². The molecule has 0 radical (unpaired) electrons. The number of hydrogen-bond acceptors (Lipinski definition) is 4. The van der Waals surface area contributed by atoms with Crippen molar-refractivity contribution in [2.24, 2.45) is 11.8 Å². The van der Waals surface area contributed by atoms with Crippen LogP contribution in [0.1, 0.15) is 62.5 Å². The van der Waals surface area contributed by atoms with Crippen LogP contribution in [0.4, 0.5) is 4.79 Å². The van der Waals surface area contributed by atoms with Gasteiger partial charge in [-0.05, 0) is 53.4 Å². The minimum atomic E-state index is -0.816. The SMILES string of the molecule is CC(CCC(=O)N[C@@H]1CCC[C@H]1CC(=O)O)CNC(=O)OCC1c2ccccc2-c2ccccc21. The van der Waals surface area contributed by atoms with Gasteiger partial charge >= 0.3 is 12.1 Å². The Bertz CT molecular complexity index is 1020. The third-order valence-corrected chi connectivity index (χ3v) is 7.25. The van der Waals surface area contributed by atoms with Crippen LogP contribution >= 0.6 is 0 Å². The minimum Gasteiger partial charge on any atom is -0.481 e. The molecule has 35 heavy (non-hydrogen) atoms. The summed E-state index contributed by atoms with van der Waals surface area (Å²) < 4.78 is 5.57. The van der Waals surface area contributed by atoms with Crippen LogP contribution in [0.15, 0.2) is 48.5 Å². The molecule has 0 aromatic heterocycles. The number of carbonyl (C=O) groups excluding carboxylic acids is 2. The number of carbonyl (C=O) groups is 3. The molecule has 4 rings (SSSR count). The second-order valence-electron chi connectivity index (χ2n) is 9.81. The molecular weight excluding hydrogens is 444 g/mol. The molecule has 2 aliphatic carbocycles. The van der Waals surface area contributed by atoms with Gasteiger partial charge in [-0.2, -0.15) is 0 Å². The van der Waals surface area contributed by atoms with Crippen molar-refractivity contribution in [3.63, 3.8) is 0 Å². The Morgan fingerprint density at radius 2 is 1.69 bits per heavy atom. The minimum absolute atomic E-state index is 0.0177. The lowest BCUT2D eigenvalue weighted by atomic mass is 9.98. The summed E-state index contributed by atoms with van der Waals surface area (Å²) in [6.07, 6.45) is 3.26. The first-order valence-electron chi connectivity index (χ1n) is 12.5. The molecule has 1 unspecified atom stereocenters. The van der Waals surface area contributed by atoms with Crippen LogP contribution in [-0.4, -0.2) is 42.3 Å². The van der Waals surface area contributed by atoms with E-state index in [0.29, 0.717) is 19.4 Å². The number of amides is 2. The van der Waals surface area contributed by atoms with Gasteiger partial charge in [0.05, 0.1) is 6.42 Å². The molecule has 3 N–H and O–H groups in total. The fourth-order valence-electron chi connectivity index (χ4n) is 5.36. The van der Waals surface area contributed by atoms with Crippen molar-refractivity contribution in [3.05, 3.63) is 59.7 Å². The molecule has 2 aromatic rings. The summed E-state index contributed by atoms with van der Waals surface area (Å²) >= 11 is 0. The van der Waals surface area contributed by atoms with Crippen LogP contribution in [0, 0.1) is 11.8 Å². The van der Waals surface area contributed by atoms with Crippen molar-refractivity contribution in [1.29, 1.82) is 0 Å². The Morgan fingerprint density at radius 1 is 1.03 bits per heavy atom. The van der Waals surface area contributed by atoms with Crippen LogP contribution in [-0.2, 0) is 14.3 Å². The molecule has 0 heterocycles.